The molecule has 0 unspecified atom stereocenters. The van der Waals surface area contributed by atoms with Crippen LogP contribution >= 0.6 is 11.6 Å². The van der Waals surface area contributed by atoms with E-state index >= 15 is 0 Å². The monoisotopic (exact) mass is 390 g/mol. The highest BCUT2D eigenvalue weighted by Gasteiger charge is 2.23. The summed E-state index contributed by atoms with van der Waals surface area (Å²) in [5.74, 6) is 0.452. The van der Waals surface area contributed by atoms with Gasteiger partial charge in [0, 0.05) is 23.1 Å². The molecule has 1 amide bonds. The molecule has 6 heteroatoms. The first-order valence-corrected chi connectivity index (χ1v) is 9.27. The van der Waals surface area contributed by atoms with Gasteiger partial charge < -0.3 is 9.88 Å². The molecule has 0 bridgehead atoms. The Hall–Kier alpha value is -3.31. The number of anilines is 1. The highest BCUT2D eigenvalue weighted by Crippen LogP contribution is 2.25. The summed E-state index contributed by atoms with van der Waals surface area (Å²) in [6.07, 6.45) is 3.80. The van der Waals surface area contributed by atoms with E-state index in [1.54, 1.807) is 28.9 Å². The Morgan fingerprint density at radius 2 is 1.71 bits per heavy atom. The number of nitrogens with zero attached hydrogens (tertiary/aromatic N) is 3. The summed E-state index contributed by atoms with van der Waals surface area (Å²) in [7, 11) is 0. The Bertz CT molecular complexity index is 1130. The lowest BCUT2D eigenvalue weighted by Gasteiger charge is -2.12. The fourth-order valence-corrected chi connectivity index (χ4v) is 3.31. The first-order valence-electron chi connectivity index (χ1n) is 8.90. The van der Waals surface area contributed by atoms with Crippen molar-refractivity contribution in [3.8, 4) is 11.5 Å². The molecule has 4 aromatic rings. The van der Waals surface area contributed by atoms with Crippen LogP contribution in [0.3, 0.4) is 0 Å². The molecule has 0 fully saturated rings. The number of carbonyl (C=O) groups is 1. The Morgan fingerprint density at radius 3 is 2.39 bits per heavy atom. The minimum atomic E-state index is -0.234. The fourth-order valence-electron chi connectivity index (χ4n) is 3.12. The van der Waals surface area contributed by atoms with Crippen LogP contribution in [0.2, 0.25) is 5.02 Å². The lowest BCUT2D eigenvalue weighted by molar-refractivity contribution is 0.102. The van der Waals surface area contributed by atoms with Crippen molar-refractivity contribution < 1.29 is 4.79 Å². The van der Waals surface area contributed by atoms with E-state index in [4.69, 9.17) is 11.6 Å². The number of nitrogens with one attached hydrogen (secondary N) is 1. The van der Waals surface area contributed by atoms with Crippen LogP contribution in [0, 0.1) is 13.8 Å². The molecule has 0 saturated carbocycles. The van der Waals surface area contributed by atoms with Crippen molar-refractivity contribution in [1.82, 2.24) is 14.3 Å². The van der Waals surface area contributed by atoms with Crippen molar-refractivity contribution in [3.05, 3.63) is 94.9 Å². The third kappa shape index (κ3) is 3.44. The zero-order valence-corrected chi connectivity index (χ0v) is 16.3. The molecular weight excluding hydrogens is 372 g/mol. The zero-order valence-electron chi connectivity index (χ0n) is 15.6. The molecule has 0 aliphatic heterocycles. The summed E-state index contributed by atoms with van der Waals surface area (Å²) >= 11 is 6.04. The lowest BCUT2D eigenvalue weighted by Crippen LogP contribution is -2.16. The minimum absolute atomic E-state index is 0.234. The molecule has 2 aromatic carbocycles. The molecule has 0 aliphatic carbocycles. The maximum Gasteiger partial charge on any atom is 0.261 e. The van der Waals surface area contributed by atoms with Gasteiger partial charge in [0.05, 0.1) is 11.4 Å². The predicted octanol–water partition coefficient (Wildman–Crippen LogP) is 5.19. The number of aromatic nitrogens is 3. The summed E-state index contributed by atoms with van der Waals surface area (Å²) < 4.78 is 3.69. The first kappa shape index (κ1) is 18.1. The Kier molecular flexibility index (Phi) is 4.75. The molecule has 0 aliphatic rings. The topological polar surface area (TPSA) is 51.9 Å². The number of benzene rings is 2. The Morgan fingerprint density at radius 1 is 1.00 bits per heavy atom. The van der Waals surface area contributed by atoms with Crippen LogP contribution in [-0.2, 0) is 0 Å². The smallest absolute Gasteiger partial charge is 0.261 e. The average Bonchev–Trinajstić information content (AvgIpc) is 3.30. The van der Waals surface area contributed by atoms with Gasteiger partial charge in [-0.05, 0) is 56.3 Å². The Balaban J connectivity index is 1.83. The van der Waals surface area contributed by atoms with Gasteiger partial charge in [-0.15, -0.1) is 0 Å². The van der Waals surface area contributed by atoms with E-state index < -0.39 is 0 Å². The number of hydrogen-bond donors (Lipinski definition) is 1. The van der Waals surface area contributed by atoms with Gasteiger partial charge >= 0.3 is 0 Å². The summed E-state index contributed by atoms with van der Waals surface area (Å²) in [5.41, 5.74) is 3.84. The molecule has 0 spiro atoms. The van der Waals surface area contributed by atoms with Gasteiger partial charge in [-0.25, -0.2) is 4.68 Å². The highest BCUT2D eigenvalue weighted by molar-refractivity contribution is 6.31. The number of amides is 1. The van der Waals surface area contributed by atoms with Crippen LogP contribution in [0.4, 0.5) is 5.69 Å². The predicted molar refractivity (Wildman–Crippen MR) is 112 cm³/mol. The lowest BCUT2D eigenvalue weighted by atomic mass is 10.2. The molecule has 140 valence electrons. The normalized spacial score (nSPS) is 10.8. The van der Waals surface area contributed by atoms with Crippen molar-refractivity contribution in [2.24, 2.45) is 0 Å². The van der Waals surface area contributed by atoms with Gasteiger partial charge in [-0.2, -0.15) is 5.10 Å². The van der Waals surface area contributed by atoms with E-state index in [0.29, 0.717) is 27.8 Å². The maximum atomic E-state index is 13.1. The first-order chi connectivity index (χ1) is 13.5. The van der Waals surface area contributed by atoms with Gasteiger partial charge in [0.1, 0.15) is 5.56 Å². The molecular formula is C22H19ClN4O. The standard InChI is InChI=1S/C22H19ClN4O/c1-15-8-10-19(11-9-15)27-22(26-12-3-4-13-26)20(16(2)25-27)21(28)24-18-7-5-6-17(23)14-18/h3-14H,1-2H3,(H,24,28). The molecule has 1 N–H and O–H groups in total. The summed E-state index contributed by atoms with van der Waals surface area (Å²) in [4.78, 5) is 13.1. The van der Waals surface area contributed by atoms with Gasteiger partial charge in [-0.1, -0.05) is 35.4 Å². The van der Waals surface area contributed by atoms with Crippen LogP contribution in [-0.4, -0.2) is 20.3 Å². The van der Waals surface area contributed by atoms with Crippen molar-refractivity contribution in [2.75, 3.05) is 5.32 Å². The molecule has 0 radical (unpaired) electrons. The molecule has 0 saturated heterocycles. The van der Waals surface area contributed by atoms with Crippen LogP contribution in [0.25, 0.3) is 11.5 Å². The van der Waals surface area contributed by atoms with E-state index in [1.165, 1.54) is 0 Å². The van der Waals surface area contributed by atoms with Crippen LogP contribution < -0.4 is 5.32 Å². The average molecular weight is 391 g/mol. The van der Waals surface area contributed by atoms with Crippen LogP contribution in [0.5, 0.6) is 0 Å². The van der Waals surface area contributed by atoms with Crippen molar-refractivity contribution in [1.29, 1.82) is 0 Å². The minimum Gasteiger partial charge on any atom is -0.322 e. The van der Waals surface area contributed by atoms with E-state index in [9.17, 15) is 4.79 Å². The largest absolute Gasteiger partial charge is 0.322 e. The third-order valence-electron chi connectivity index (χ3n) is 4.47. The SMILES string of the molecule is Cc1ccc(-n2nc(C)c(C(=O)Nc3cccc(Cl)c3)c2-n2cccc2)cc1. The van der Waals surface area contributed by atoms with E-state index in [1.807, 2.05) is 67.2 Å². The quantitative estimate of drug-likeness (QED) is 0.521. The molecule has 2 heterocycles. The fraction of sp³-hybridized carbons (Fsp3) is 0.0909. The van der Waals surface area contributed by atoms with Crippen molar-refractivity contribution >= 4 is 23.2 Å². The van der Waals surface area contributed by atoms with Gasteiger partial charge in [0.15, 0.2) is 5.82 Å². The number of hydrogen-bond acceptors (Lipinski definition) is 2. The van der Waals surface area contributed by atoms with Gasteiger partial charge in [0.25, 0.3) is 5.91 Å². The second kappa shape index (κ2) is 7.37. The van der Waals surface area contributed by atoms with Crippen LogP contribution in [0.1, 0.15) is 21.6 Å². The second-order valence-electron chi connectivity index (χ2n) is 6.59. The number of halogens is 1. The molecule has 0 atom stereocenters. The molecule has 5 nitrogen and oxygen atoms in total. The van der Waals surface area contributed by atoms with Crippen molar-refractivity contribution in [3.63, 3.8) is 0 Å². The van der Waals surface area contributed by atoms with E-state index in [2.05, 4.69) is 10.4 Å². The molecule has 28 heavy (non-hydrogen) atoms. The maximum absolute atomic E-state index is 13.1. The highest BCUT2D eigenvalue weighted by atomic mass is 35.5. The molecule has 4 rings (SSSR count). The summed E-state index contributed by atoms with van der Waals surface area (Å²) in [5, 5.41) is 8.15. The number of rotatable bonds is 4. The third-order valence-corrected chi connectivity index (χ3v) is 4.71. The van der Waals surface area contributed by atoms with E-state index in [-0.39, 0.29) is 5.91 Å². The number of aryl methyl sites for hydroxylation is 2. The van der Waals surface area contributed by atoms with Gasteiger partial charge in [0.2, 0.25) is 0 Å². The Labute approximate surface area is 168 Å². The van der Waals surface area contributed by atoms with Crippen LogP contribution in [0.15, 0.2) is 73.1 Å². The van der Waals surface area contributed by atoms with Gasteiger partial charge in [-0.3, -0.25) is 4.79 Å². The summed E-state index contributed by atoms with van der Waals surface area (Å²) in [6, 6.07) is 19.0. The van der Waals surface area contributed by atoms with E-state index in [0.717, 1.165) is 11.3 Å². The molecule has 2 aromatic heterocycles. The zero-order chi connectivity index (χ0) is 19.7. The van der Waals surface area contributed by atoms with Crippen molar-refractivity contribution in [2.45, 2.75) is 13.8 Å². The second-order valence-corrected chi connectivity index (χ2v) is 7.02. The number of carbonyl (C=O) groups excluding carboxylic acids is 1. The summed E-state index contributed by atoms with van der Waals surface area (Å²) in [6.45, 7) is 3.87.